The second-order valence-corrected chi connectivity index (χ2v) is 9.05. The van der Waals surface area contributed by atoms with Crippen LogP contribution in [-0.2, 0) is 9.59 Å². The molecule has 1 aliphatic carbocycles. The maximum Gasteiger partial charge on any atom is 0.336 e. The van der Waals surface area contributed by atoms with E-state index >= 15 is 0 Å². The average molecular weight is 434 g/mol. The van der Waals surface area contributed by atoms with Gasteiger partial charge in [-0.2, -0.15) is 0 Å². The molecule has 0 heterocycles. The molecule has 1 aromatic rings. The molecule has 0 spiro atoms. The molecule has 0 saturated carbocycles. The van der Waals surface area contributed by atoms with E-state index in [1.54, 1.807) is 24.3 Å². The van der Waals surface area contributed by atoms with E-state index in [2.05, 4.69) is 45.2 Å². The molecule has 0 atom stereocenters. The fourth-order valence-corrected chi connectivity index (χ4v) is 3.82. The van der Waals surface area contributed by atoms with Gasteiger partial charge >= 0.3 is 5.97 Å². The van der Waals surface area contributed by atoms with Crippen LogP contribution >= 0.6 is 0 Å². The quantitative estimate of drug-likeness (QED) is 0.216. The second kappa shape index (κ2) is 11.5. The Bertz CT molecular complexity index is 986. The first kappa shape index (κ1) is 25.1. The number of nitrogens with one attached hydrogen (secondary N) is 1. The van der Waals surface area contributed by atoms with Gasteiger partial charge < -0.3 is 10.1 Å². The predicted molar refractivity (Wildman–Crippen MR) is 133 cm³/mol. The fraction of sp³-hybridized carbons (Fsp3) is 0.357. The van der Waals surface area contributed by atoms with E-state index < -0.39 is 5.97 Å². The number of rotatable bonds is 7. The van der Waals surface area contributed by atoms with Crippen LogP contribution in [0.15, 0.2) is 83.0 Å². The number of benzene rings is 1. The Balaban J connectivity index is 1.93. The maximum atomic E-state index is 12.1. The van der Waals surface area contributed by atoms with Crippen LogP contribution in [0.25, 0.3) is 0 Å². The van der Waals surface area contributed by atoms with E-state index in [0.717, 1.165) is 11.1 Å². The minimum atomic E-state index is -0.443. The molecular formula is C28H35NO3. The van der Waals surface area contributed by atoms with Gasteiger partial charge in [0.05, 0.1) is 0 Å². The van der Waals surface area contributed by atoms with Crippen LogP contribution in [0.5, 0.6) is 5.75 Å². The lowest BCUT2D eigenvalue weighted by atomic mass is 9.72. The number of ether oxygens (including phenoxy) is 1. The van der Waals surface area contributed by atoms with Gasteiger partial charge in [-0.25, -0.2) is 4.79 Å². The molecular weight excluding hydrogens is 398 g/mol. The van der Waals surface area contributed by atoms with Gasteiger partial charge in [-0.1, -0.05) is 55.4 Å². The van der Waals surface area contributed by atoms with Crippen molar-refractivity contribution in [3.05, 3.63) is 83.0 Å². The predicted octanol–water partition coefficient (Wildman–Crippen LogP) is 7.08. The van der Waals surface area contributed by atoms with E-state index in [9.17, 15) is 9.59 Å². The maximum absolute atomic E-state index is 12.1. The zero-order valence-electron chi connectivity index (χ0n) is 20.1. The van der Waals surface area contributed by atoms with Crippen molar-refractivity contribution in [2.24, 2.45) is 5.41 Å². The van der Waals surface area contributed by atoms with E-state index in [0.29, 0.717) is 11.4 Å². The lowest BCUT2D eigenvalue weighted by Crippen LogP contribution is -2.19. The summed E-state index contributed by atoms with van der Waals surface area (Å²) >= 11 is 0. The van der Waals surface area contributed by atoms with Crippen LogP contribution in [0, 0.1) is 5.41 Å². The van der Waals surface area contributed by atoms with Crippen molar-refractivity contribution >= 4 is 17.6 Å². The highest BCUT2D eigenvalue weighted by Crippen LogP contribution is 2.40. The van der Waals surface area contributed by atoms with Crippen molar-refractivity contribution in [3.8, 4) is 5.75 Å². The summed E-state index contributed by atoms with van der Waals surface area (Å²) in [6.45, 7) is 12.2. The first-order chi connectivity index (χ1) is 15.1. The zero-order valence-corrected chi connectivity index (χ0v) is 20.1. The normalized spacial score (nSPS) is 17.2. The third-order valence-corrected chi connectivity index (χ3v) is 5.51. The van der Waals surface area contributed by atoms with Crippen molar-refractivity contribution in [2.45, 2.75) is 60.8 Å². The number of esters is 1. The van der Waals surface area contributed by atoms with Gasteiger partial charge in [-0.3, -0.25) is 4.79 Å². The van der Waals surface area contributed by atoms with Crippen LogP contribution in [0.3, 0.4) is 0 Å². The highest BCUT2D eigenvalue weighted by molar-refractivity contribution is 5.89. The van der Waals surface area contributed by atoms with Gasteiger partial charge in [-0.05, 0) is 80.9 Å². The zero-order chi connectivity index (χ0) is 23.7. The number of carbonyl (C=O) groups is 2. The number of hydrogen-bond acceptors (Lipinski definition) is 3. The second-order valence-electron chi connectivity index (χ2n) is 9.05. The number of anilines is 1. The standard InChI is InChI=1S/C28H35NO3/c1-20(12-17-26-22(3)11-8-18-28(26,5)6)9-7-10-21(2)19-27(31)32-25-15-13-24(14-16-25)29-23(4)30/h7,9-10,12-17,19H,8,11,18H2,1-6H3,(H,29,30)/b10-7+,17-12+,20-9+,21-19+. The summed E-state index contributed by atoms with van der Waals surface area (Å²) < 4.78 is 5.31. The molecule has 2 rings (SSSR count). The summed E-state index contributed by atoms with van der Waals surface area (Å²) in [7, 11) is 0. The van der Waals surface area contributed by atoms with Crippen LogP contribution in [-0.4, -0.2) is 11.9 Å². The van der Waals surface area contributed by atoms with Gasteiger partial charge in [0.15, 0.2) is 0 Å². The summed E-state index contributed by atoms with van der Waals surface area (Å²) in [6.07, 6.45) is 15.4. The van der Waals surface area contributed by atoms with Crippen molar-refractivity contribution in [1.29, 1.82) is 0 Å². The van der Waals surface area contributed by atoms with Gasteiger partial charge in [0.25, 0.3) is 0 Å². The van der Waals surface area contributed by atoms with E-state index in [1.165, 1.54) is 43.4 Å². The van der Waals surface area contributed by atoms with Gasteiger partial charge in [0.2, 0.25) is 5.91 Å². The summed E-state index contributed by atoms with van der Waals surface area (Å²) in [4.78, 5) is 23.2. The first-order valence-corrected chi connectivity index (χ1v) is 11.1. The monoisotopic (exact) mass is 433 g/mol. The van der Waals surface area contributed by atoms with E-state index in [-0.39, 0.29) is 11.3 Å². The van der Waals surface area contributed by atoms with Crippen LogP contribution < -0.4 is 10.1 Å². The van der Waals surface area contributed by atoms with Crippen molar-refractivity contribution < 1.29 is 14.3 Å². The smallest absolute Gasteiger partial charge is 0.336 e. The Labute approximate surface area is 192 Å². The molecule has 1 aromatic carbocycles. The molecule has 1 amide bonds. The lowest BCUT2D eigenvalue weighted by molar-refractivity contribution is -0.129. The number of allylic oxidation sites excluding steroid dienone is 9. The topological polar surface area (TPSA) is 55.4 Å². The first-order valence-electron chi connectivity index (χ1n) is 11.1. The summed E-state index contributed by atoms with van der Waals surface area (Å²) in [6, 6.07) is 6.66. The molecule has 0 unspecified atom stereocenters. The SMILES string of the molecule is CC(=O)Nc1ccc(OC(=O)/C=C(C)/C=C/C=C(C)/C=C/C2=C(C)CCCC2(C)C)cc1. The third-order valence-electron chi connectivity index (χ3n) is 5.51. The highest BCUT2D eigenvalue weighted by atomic mass is 16.5. The van der Waals surface area contributed by atoms with E-state index in [4.69, 9.17) is 4.74 Å². The Kier molecular flexibility index (Phi) is 9.01. The molecule has 1 N–H and O–H groups in total. The summed E-state index contributed by atoms with van der Waals surface area (Å²) in [5, 5.41) is 2.67. The molecule has 0 fully saturated rings. The molecule has 0 radical (unpaired) electrons. The van der Waals surface area contributed by atoms with Crippen molar-refractivity contribution in [2.75, 3.05) is 5.32 Å². The molecule has 4 heteroatoms. The van der Waals surface area contributed by atoms with E-state index in [1.807, 2.05) is 25.2 Å². The summed E-state index contributed by atoms with van der Waals surface area (Å²) in [5.74, 6) is -0.167. The minimum absolute atomic E-state index is 0.148. The average Bonchev–Trinajstić information content (AvgIpc) is 2.68. The third kappa shape index (κ3) is 8.18. The van der Waals surface area contributed by atoms with Crippen LogP contribution in [0.2, 0.25) is 0 Å². The Hall–Kier alpha value is -3.14. The molecule has 0 aromatic heterocycles. The molecule has 4 nitrogen and oxygen atoms in total. The van der Waals surface area contributed by atoms with Crippen molar-refractivity contribution in [3.63, 3.8) is 0 Å². The molecule has 0 bridgehead atoms. The lowest BCUT2D eigenvalue weighted by Gasteiger charge is -2.32. The number of carbonyl (C=O) groups excluding carboxylic acids is 2. The van der Waals surface area contributed by atoms with Crippen molar-refractivity contribution in [1.82, 2.24) is 0 Å². The van der Waals surface area contributed by atoms with Gasteiger partial charge in [-0.15, -0.1) is 0 Å². The molecule has 0 saturated heterocycles. The minimum Gasteiger partial charge on any atom is -0.423 e. The Morgan fingerprint density at radius 1 is 1.03 bits per heavy atom. The fourth-order valence-electron chi connectivity index (χ4n) is 3.82. The Morgan fingerprint density at radius 2 is 1.72 bits per heavy atom. The molecule has 1 aliphatic rings. The molecule has 170 valence electrons. The number of hydrogen-bond donors (Lipinski definition) is 1. The summed E-state index contributed by atoms with van der Waals surface area (Å²) in [5.41, 5.74) is 5.77. The van der Waals surface area contributed by atoms with Gasteiger partial charge in [0.1, 0.15) is 5.75 Å². The van der Waals surface area contributed by atoms with Crippen LogP contribution in [0.4, 0.5) is 5.69 Å². The highest BCUT2D eigenvalue weighted by Gasteiger charge is 2.26. The largest absolute Gasteiger partial charge is 0.423 e. The molecule has 0 aliphatic heterocycles. The Morgan fingerprint density at radius 3 is 2.34 bits per heavy atom. The van der Waals surface area contributed by atoms with Crippen LogP contribution in [0.1, 0.15) is 60.8 Å². The number of amides is 1. The van der Waals surface area contributed by atoms with Gasteiger partial charge in [0, 0.05) is 18.7 Å². The molecule has 32 heavy (non-hydrogen) atoms.